The van der Waals surface area contributed by atoms with Crippen molar-refractivity contribution in [1.82, 2.24) is 0 Å². The van der Waals surface area contributed by atoms with Gasteiger partial charge in [0.1, 0.15) is 0 Å². The van der Waals surface area contributed by atoms with E-state index < -0.39 is 0 Å². The molecular formula is C66H38B2N4O3S2. The number of hydrogen-bond acceptors (Lipinski definition) is 9. The Kier molecular flexibility index (Phi) is 8.59. The molecule has 7 aliphatic rings. The van der Waals surface area contributed by atoms with Gasteiger partial charge in [0.05, 0.1) is 39.8 Å². The lowest BCUT2D eigenvalue weighted by molar-refractivity contribution is 0.476. The average molecular weight is 1020 g/mol. The van der Waals surface area contributed by atoms with Crippen molar-refractivity contribution in [3.8, 4) is 34.5 Å². The fourth-order valence-corrected chi connectivity index (χ4v) is 15.7. The maximum Gasteiger partial charge on any atom is 0.252 e. The van der Waals surface area contributed by atoms with E-state index in [-0.39, 0.29) is 13.4 Å². The van der Waals surface area contributed by atoms with Gasteiger partial charge < -0.3 is 33.8 Å². The Morgan fingerprint density at radius 2 is 0.701 bits per heavy atom. The topological polar surface area (TPSA) is 40.7 Å². The number of nitrogens with zero attached hydrogens (tertiary/aromatic N) is 4. The van der Waals surface area contributed by atoms with Gasteiger partial charge in [-0.05, 0) is 137 Å². The molecule has 0 atom stereocenters. The molecule has 0 spiro atoms. The first-order valence-corrected chi connectivity index (χ1v) is 27.7. The first kappa shape index (κ1) is 42.1. The molecule has 0 fully saturated rings. The summed E-state index contributed by atoms with van der Waals surface area (Å²) < 4.78 is 20.1. The second-order valence-electron chi connectivity index (χ2n) is 20.3. The average Bonchev–Trinajstić information content (AvgIpc) is 3.64. The van der Waals surface area contributed by atoms with Crippen LogP contribution in [0.25, 0.3) is 0 Å². The van der Waals surface area contributed by atoms with Crippen LogP contribution in [0, 0.1) is 0 Å². The van der Waals surface area contributed by atoms with E-state index in [2.05, 4.69) is 238 Å². The van der Waals surface area contributed by atoms with Crippen LogP contribution in [0.2, 0.25) is 0 Å². The van der Waals surface area contributed by atoms with E-state index in [4.69, 9.17) is 14.2 Å². The highest BCUT2D eigenvalue weighted by Gasteiger charge is 2.49. The van der Waals surface area contributed by atoms with Gasteiger partial charge in [-0.1, -0.05) is 150 Å². The predicted octanol–water partition coefficient (Wildman–Crippen LogP) is 14.5. The monoisotopic (exact) mass is 1020 g/mol. The molecule has 358 valence electrons. The Bertz CT molecular complexity index is 4330. The van der Waals surface area contributed by atoms with Crippen molar-refractivity contribution in [3.05, 3.63) is 231 Å². The summed E-state index contributed by atoms with van der Waals surface area (Å²) >= 11 is 3.79. The summed E-state index contributed by atoms with van der Waals surface area (Å²) in [5.74, 6) is 4.98. The highest BCUT2D eigenvalue weighted by molar-refractivity contribution is 8.01. The van der Waals surface area contributed by atoms with Crippen LogP contribution in [0.4, 0.5) is 68.2 Å². The first-order valence-electron chi connectivity index (χ1n) is 26.0. The van der Waals surface area contributed by atoms with Crippen LogP contribution in [0.1, 0.15) is 0 Å². The van der Waals surface area contributed by atoms with E-state index in [1.165, 1.54) is 52.4 Å². The van der Waals surface area contributed by atoms with Crippen molar-refractivity contribution in [2.45, 2.75) is 19.6 Å². The number of fused-ring (bicyclic) bond motifs is 14. The summed E-state index contributed by atoms with van der Waals surface area (Å²) in [4.78, 5) is 14.8. The summed E-state index contributed by atoms with van der Waals surface area (Å²) in [5.41, 5.74) is 20.5. The van der Waals surface area contributed by atoms with E-state index in [0.29, 0.717) is 0 Å². The van der Waals surface area contributed by atoms with Gasteiger partial charge >= 0.3 is 0 Å². The summed E-state index contributed by atoms with van der Waals surface area (Å²) in [6.45, 7) is -0.131. The van der Waals surface area contributed by atoms with Gasteiger partial charge in [-0.2, -0.15) is 0 Å². The van der Waals surface area contributed by atoms with Crippen LogP contribution in [0.3, 0.4) is 0 Å². The molecule has 0 amide bonds. The van der Waals surface area contributed by atoms with Crippen LogP contribution in [-0.2, 0) is 0 Å². The van der Waals surface area contributed by atoms with E-state index in [1.54, 1.807) is 0 Å². The summed E-state index contributed by atoms with van der Waals surface area (Å²) in [6.07, 6.45) is 0. The second-order valence-corrected chi connectivity index (χ2v) is 22.5. The van der Waals surface area contributed by atoms with Gasteiger partial charge in [-0.15, -0.1) is 0 Å². The summed E-state index contributed by atoms with van der Waals surface area (Å²) in [7, 11) is 0. The predicted molar refractivity (Wildman–Crippen MR) is 316 cm³/mol. The van der Waals surface area contributed by atoms with Crippen molar-refractivity contribution in [2.24, 2.45) is 0 Å². The lowest BCUT2D eigenvalue weighted by atomic mass is 9.31. The number of anilines is 12. The summed E-state index contributed by atoms with van der Waals surface area (Å²) in [5, 5.41) is 0. The highest BCUT2D eigenvalue weighted by Crippen LogP contribution is 2.58. The third-order valence-corrected chi connectivity index (χ3v) is 18.5. The van der Waals surface area contributed by atoms with Crippen molar-refractivity contribution in [2.75, 3.05) is 19.6 Å². The maximum atomic E-state index is 6.92. The molecule has 11 heteroatoms. The normalized spacial score (nSPS) is 14.5. The van der Waals surface area contributed by atoms with E-state index in [9.17, 15) is 0 Å². The first-order chi connectivity index (χ1) is 38.2. The number of benzene rings is 11. The molecule has 0 aliphatic carbocycles. The molecule has 0 bridgehead atoms. The van der Waals surface area contributed by atoms with Gasteiger partial charge in [0.15, 0.2) is 34.5 Å². The smallest absolute Gasteiger partial charge is 0.252 e. The van der Waals surface area contributed by atoms with Crippen LogP contribution in [0.5, 0.6) is 34.5 Å². The van der Waals surface area contributed by atoms with Crippen LogP contribution in [0.15, 0.2) is 250 Å². The Labute approximate surface area is 453 Å². The van der Waals surface area contributed by atoms with Crippen molar-refractivity contribution in [3.63, 3.8) is 0 Å². The zero-order valence-electron chi connectivity index (χ0n) is 40.9. The third-order valence-electron chi connectivity index (χ3n) is 16.2. The SMILES string of the molecule is c1ccc(N2c3cc4c(cc3B3c5cccc6c5N(c5ccccc5O6)c5cc(N6c7ccccc7Oc7ccccc76)cc2c53)B2c3ccccc3Sc3cc(N5c6ccccc6Oc6ccccc65)cc(c32)S4)cc1. The van der Waals surface area contributed by atoms with E-state index in [1.807, 2.05) is 35.7 Å². The molecule has 0 aromatic heterocycles. The lowest BCUT2D eigenvalue weighted by Crippen LogP contribution is -2.64. The van der Waals surface area contributed by atoms with Crippen LogP contribution >= 0.6 is 23.5 Å². The molecule has 7 heterocycles. The standard InChI is InChI=1S/C66H38B2N4O3S2/c1-2-17-39(18-3-1)69-51-38-61-45(67-42-19-4-15-32-60(42)76-62-35-41(36-63(77-61)65(62)67)71-48-23-7-12-28-56(48)74-57-29-13-8-24-49(57)71)37-44(51)68-43-20-16-31-59-66(43)72(50-25-9-14-30-58(50)75-59)53-34-40(33-52(69)64(53)68)70-46-21-5-10-26-54(46)73-55-27-11-6-22-47(55)70/h1-38H. The Morgan fingerprint density at radius 1 is 0.260 bits per heavy atom. The number of hydrogen-bond donors (Lipinski definition) is 0. The highest BCUT2D eigenvalue weighted by atomic mass is 32.2. The minimum Gasteiger partial charge on any atom is -0.453 e. The second kappa shape index (κ2) is 15.7. The van der Waals surface area contributed by atoms with Crippen LogP contribution < -0.4 is 66.6 Å². The third kappa shape index (κ3) is 5.87. The van der Waals surface area contributed by atoms with Gasteiger partial charge in [0.25, 0.3) is 6.71 Å². The molecule has 18 rings (SSSR count). The zero-order chi connectivity index (χ0) is 50.0. The molecule has 0 radical (unpaired) electrons. The minimum atomic E-state index is -0.137. The molecule has 0 N–H and O–H groups in total. The number of rotatable bonds is 3. The van der Waals surface area contributed by atoms with Gasteiger partial charge in [0, 0.05) is 48.0 Å². The van der Waals surface area contributed by atoms with Crippen molar-refractivity contribution >= 4 is 138 Å². The molecule has 7 nitrogen and oxygen atoms in total. The minimum absolute atomic E-state index is 0.00664. The molecule has 0 saturated carbocycles. The zero-order valence-corrected chi connectivity index (χ0v) is 42.6. The fraction of sp³-hybridized carbons (Fsp3) is 0. The van der Waals surface area contributed by atoms with Crippen molar-refractivity contribution < 1.29 is 14.2 Å². The molecule has 77 heavy (non-hydrogen) atoms. The van der Waals surface area contributed by atoms with Gasteiger partial charge in [-0.3, -0.25) is 0 Å². The molecule has 11 aromatic carbocycles. The van der Waals surface area contributed by atoms with E-state index >= 15 is 0 Å². The lowest BCUT2D eigenvalue weighted by Gasteiger charge is -2.47. The Morgan fingerprint density at radius 3 is 1.31 bits per heavy atom. The van der Waals surface area contributed by atoms with E-state index in [0.717, 1.165) is 103 Å². The number of ether oxygens (including phenoxy) is 3. The van der Waals surface area contributed by atoms with Crippen LogP contribution in [-0.4, -0.2) is 13.4 Å². The Hall–Kier alpha value is -9.15. The molecule has 7 aliphatic heterocycles. The number of para-hydroxylation sites is 12. The fourth-order valence-electron chi connectivity index (χ4n) is 13.2. The van der Waals surface area contributed by atoms with Gasteiger partial charge in [-0.25, -0.2) is 0 Å². The van der Waals surface area contributed by atoms with Gasteiger partial charge in [0.2, 0.25) is 6.71 Å². The largest absolute Gasteiger partial charge is 0.453 e. The maximum absolute atomic E-state index is 6.92. The quantitative estimate of drug-likeness (QED) is 0.161. The Balaban J connectivity index is 0.909. The summed E-state index contributed by atoms with van der Waals surface area (Å²) in [6, 6.07) is 83.5. The molecule has 0 unspecified atom stereocenters. The van der Waals surface area contributed by atoms with Crippen molar-refractivity contribution in [1.29, 1.82) is 0 Å². The molecule has 0 saturated heterocycles. The molecule has 11 aromatic rings. The molecular weight excluding hydrogens is 983 g/mol.